The Bertz CT molecular complexity index is 354. The first kappa shape index (κ1) is 18.1. The van der Waals surface area contributed by atoms with Crippen molar-refractivity contribution in [1.82, 2.24) is 5.32 Å². The van der Waals surface area contributed by atoms with Crippen LogP contribution in [0.3, 0.4) is 0 Å². The fourth-order valence-corrected chi connectivity index (χ4v) is 1.96. The van der Waals surface area contributed by atoms with Gasteiger partial charge >= 0.3 is 0 Å². The maximum Gasteiger partial charge on any atom is 0.0950 e. The minimum atomic E-state index is 0.0724. The second kappa shape index (κ2) is 11.7. The lowest BCUT2D eigenvalue weighted by Gasteiger charge is -2.19. The van der Waals surface area contributed by atoms with Crippen LogP contribution < -0.4 is 5.32 Å². The number of nitrogens with one attached hydrogen (secondary N) is 1. The van der Waals surface area contributed by atoms with Crippen molar-refractivity contribution in [3.63, 3.8) is 0 Å². The predicted molar refractivity (Wildman–Crippen MR) is 85.7 cm³/mol. The Morgan fingerprint density at radius 3 is 2.43 bits per heavy atom. The summed E-state index contributed by atoms with van der Waals surface area (Å²) >= 11 is 0. The molecule has 4 nitrogen and oxygen atoms in total. The van der Waals surface area contributed by atoms with Gasteiger partial charge in [-0.1, -0.05) is 36.8 Å². The number of rotatable bonds is 12. The first-order chi connectivity index (χ1) is 10.3. The molecule has 21 heavy (non-hydrogen) atoms. The van der Waals surface area contributed by atoms with E-state index in [1.807, 2.05) is 0 Å². The SMILES string of the molecule is CCCNCC(OCCOCCOC)c1ccc(C)cc1. The summed E-state index contributed by atoms with van der Waals surface area (Å²) in [6.07, 6.45) is 1.20. The monoisotopic (exact) mass is 295 g/mol. The summed E-state index contributed by atoms with van der Waals surface area (Å²) < 4.78 is 16.3. The Labute approximate surface area is 128 Å². The smallest absolute Gasteiger partial charge is 0.0950 e. The highest BCUT2D eigenvalue weighted by Gasteiger charge is 2.11. The molecule has 0 saturated heterocycles. The zero-order chi connectivity index (χ0) is 15.3. The molecule has 1 atom stereocenters. The lowest BCUT2D eigenvalue weighted by Crippen LogP contribution is -2.25. The van der Waals surface area contributed by atoms with Crippen molar-refractivity contribution in [2.24, 2.45) is 0 Å². The molecule has 0 spiro atoms. The van der Waals surface area contributed by atoms with Crippen molar-refractivity contribution >= 4 is 0 Å². The maximum absolute atomic E-state index is 5.97. The van der Waals surface area contributed by atoms with E-state index in [-0.39, 0.29) is 6.10 Å². The molecule has 120 valence electrons. The summed E-state index contributed by atoms with van der Waals surface area (Å²) in [6.45, 7) is 8.53. The molecule has 0 heterocycles. The maximum atomic E-state index is 5.97. The van der Waals surface area contributed by atoms with Crippen LogP contribution in [0.4, 0.5) is 0 Å². The van der Waals surface area contributed by atoms with Crippen molar-refractivity contribution in [1.29, 1.82) is 0 Å². The summed E-state index contributed by atoms with van der Waals surface area (Å²) in [6, 6.07) is 8.53. The normalized spacial score (nSPS) is 12.5. The van der Waals surface area contributed by atoms with E-state index in [1.54, 1.807) is 7.11 Å². The Hall–Kier alpha value is -0.940. The molecule has 0 aliphatic heterocycles. The Morgan fingerprint density at radius 2 is 1.76 bits per heavy atom. The summed E-state index contributed by atoms with van der Waals surface area (Å²) in [5.41, 5.74) is 2.48. The Kier molecular flexibility index (Phi) is 10.1. The molecule has 0 fully saturated rings. The van der Waals surface area contributed by atoms with Crippen LogP contribution in [0, 0.1) is 6.92 Å². The van der Waals surface area contributed by atoms with Crippen LogP contribution >= 0.6 is 0 Å². The van der Waals surface area contributed by atoms with Crippen LogP contribution in [-0.4, -0.2) is 46.6 Å². The van der Waals surface area contributed by atoms with E-state index in [2.05, 4.69) is 43.4 Å². The quantitative estimate of drug-likeness (QED) is 0.602. The third-order valence-electron chi connectivity index (χ3n) is 3.18. The summed E-state index contributed by atoms with van der Waals surface area (Å²) in [7, 11) is 1.67. The number of ether oxygens (including phenoxy) is 3. The average Bonchev–Trinajstić information content (AvgIpc) is 2.50. The van der Waals surface area contributed by atoms with E-state index >= 15 is 0 Å². The fourth-order valence-electron chi connectivity index (χ4n) is 1.96. The zero-order valence-corrected chi connectivity index (χ0v) is 13.6. The van der Waals surface area contributed by atoms with Crippen molar-refractivity contribution in [2.45, 2.75) is 26.4 Å². The number of hydrogen-bond acceptors (Lipinski definition) is 4. The third-order valence-corrected chi connectivity index (χ3v) is 3.18. The molecule has 0 bridgehead atoms. The van der Waals surface area contributed by atoms with Gasteiger partial charge in [0.1, 0.15) is 0 Å². The second-order valence-electron chi connectivity index (χ2n) is 5.08. The van der Waals surface area contributed by atoms with E-state index in [1.165, 1.54) is 11.1 Å². The van der Waals surface area contributed by atoms with E-state index in [4.69, 9.17) is 14.2 Å². The number of methoxy groups -OCH3 is 1. The van der Waals surface area contributed by atoms with Gasteiger partial charge in [-0.3, -0.25) is 0 Å². The van der Waals surface area contributed by atoms with Crippen LogP contribution in [0.1, 0.15) is 30.6 Å². The topological polar surface area (TPSA) is 39.7 Å². The number of benzene rings is 1. The van der Waals surface area contributed by atoms with Gasteiger partial charge in [0.05, 0.1) is 32.5 Å². The largest absolute Gasteiger partial charge is 0.382 e. The molecule has 0 aliphatic carbocycles. The van der Waals surface area contributed by atoms with Gasteiger partial charge in [-0.05, 0) is 25.5 Å². The zero-order valence-electron chi connectivity index (χ0n) is 13.6. The average molecular weight is 295 g/mol. The van der Waals surface area contributed by atoms with Crippen LogP contribution in [0.25, 0.3) is 0 Å². The minimum Gasteiger partial charge on any atom is -0.382 e. The van der Waals surface area contributed by atoms with E-state index in [0.717, 1.165) is 19.5 Å². The number of aryl methyl sites for hydroxylation is 1. The lowest BCUT2D eigenvalue weighted by molar-refractivity contribution is -0.00680. The van der Waals surface area contributed by atoms with Crippen molar-refractivity contribution in [3.05, 3.63) is 35.4 Å². The highest BCUT2D eigenvalue weighted by molar-refractivity contribution is 5.23. The van der Waals surface area contributed by atoms with E-state index in [9.17, 15) is 0 Å². The summed E-state index contributed by atoms with van der Waals surface area (Å²) in [5.74, 6) is 0. The van der Waals surface area contributed by atoms with Gasteiger partial charge in [0.2, 0.25) is 0 Å². The van der Waals surface area contributed by atoms with Gasteiger partial charge in [-0.2, -0.15) is 0 Å². The first-order valence-corrected chi connectivity index (χ1v) is 7.73. The summed E-state index contributed by atoms with van der Waals surface area (Å²) in [4.78, 5) is 0. The molecule has 1 aromatic carbocycles. The standard InChI is InChI=1S/C17H29NO3/c1-4-9-18-14-17(16-7-5-15(2)6-8-16)21-13-12-20-11-10-19-3/h5-8,17-18H,4,9-14H2,1-3H3. The minimum absolute atomic E-state index is 0.0724. The molecule has 4 heteroatoms. The van der Waals surface area contributed by atoms with Crippen LogP contribution in [0.2, 0.25) is 0 Å². The summed E-state index contributed by atoms with van der Waals surface area (Å²) in [5, 5.41) is 3.42. The van der Waals surface area contributed by atoms with Gasteiger partial charge in [0.15, 0.2) is 0 Å². The highest BCUT2D eigenvalue weighted by Crippen LogP contribution is 2.17. The van der Waals surface area contributed by atoms with Crippen LogP contribution in [0.15, 0.2) is 24.3 Å². The number of hydrogen-bond donors (Lipinski definition) is 1. The molecular weight excluding hydrogens is 266 g/mol. The fraction of sp³-hybridized carbons (Fsp3) is 0.647. The van der Waals surface area contributed by atoms with E-state index in [0.29, 0.717) is 26.4 Å². The van der Waals surface area contributed by atoms with Crippen LogP contribution in [-0.2, 0) is 14.2 Å². The lowest BCUT2D eigenvalue weighted by atomic mass is 10.1. The molecule has 1 N–H and O–H groups in total. The molecule has 0 aromatic heterocycles. The van der Waals surface area contributed by atoms with Crippen molar-refractivity contribution in [2.75, 3.05) is 46.6 Å². The van der Waals surface area contributed by atoms with Gasteiger partial charge in [0, 0.05) is 13.7 Å². The van der Waals surface area contributed by atoms with Gasteiger partial charge in [-0.15, -0.1) is 0 Å². The Morgan fingerprint density at radius 1 is 1.05 bits per heavy atom. The highest BCUT2D eigenvalue weighted by atomic mass is 16.5. The molecule has 1 unspecified atom stereocenters. The molecular formula is C17H29NO3. The van der Waals surface area contributed by atoms with Gasteiger partial charge in [-0.25, -0.2) is 0 Å². The predicted octanol–water partition coefficient (Wildman–Crippen LogP) is 2.72. The Balaban J connectivity index is 2.39. The molecule has 0 radical (unpaired) electrons. The second-order valence-corrected chi connectivity index (χ2v) is 5.08. The van der Waals surface area contributed by atoms with Crippen molar-refractivity contribution < 1.29 is 14.2 Å². The van der Waals surface area contributed by atoms with E-state index < -0.39 is 0 Å². The van der Waals surface area contributed by atoms with Gasteiger partial charge < -0.3 is 19.5 Å². The molecule has 1 aromatic rings. The van der Waals surface area contributed by atoms with Crippen LogP contribution in [0.5, 0.6) is 0 Å². The third kappa shape index (κ3) is 8.17. The molecule has 0 saturated carbocycles. The first-order valence-electron chi connectivity index (χ1n) is 7.73. The van der Waals surface area contributed by atoms with Crippen molar-refractivity contribution in [3.8, 4) is 0 Å². The van der Waals surface area contributed by atoms with Gasteiger partial charge in [0.25, 0.3) is 0 Å². The molecule has 0 amide bonds. The molecule has 0 aliphatic rings. The molecule has 1 rings (SSSR count).